The summed E-state index contributed by atoms with van der Waals surface area (Å²) in [4.78, 5) is 0. The number of nitrogens with zero attached hydrogens (tertiary/aromatic N) is 2. The van der Waals surface area contributed by atoms with Crippen LogP contribution in [0.25, 0.3) is 5.69 Å². The van der Waals surface area contributed by atoms with Crippen molar-refractivity contribution in [3.63, 3.8) is 0 Å². The molecule has 0 aliphatic heterocycles. The van der Waals surface area contributed by atoms with Gasteiger partial charge in [0.1, 0.15) is 18.1 Å². The van der Waals surface area contributed by atoms with E-state index in [2.05, 4.69) is 129 Å². The number of aryl methyl sites for hydroxylation is 3. The van der Waals surface area contributed by atoms with E-state index >= 15 is 0 Å². The molecule has 0 aliphatic carbocycles. The molecule has 0 saturated heterocycles. The van der Waals surface area contributed by atoms with Crippen LogP contribution in [-0.4, -0.2) is 21.0 Å². The van der Waals surface area contributed by atoms with Crippen molar-refractivity contribution in [2.75, 3.05) is 6.66 Å². The molecule has 200 valence electrons. The number of imidazole rings is 1. The second kappa shape index (κ2) is 22.3. The van der Waals surface area contributed by atoms with E-state index < -0.39 is 7.92 Å². The normalized spacial score (nSPS) is 10.4. The van der Waals surface area contributed by atoms with Gasteiger partial charge in [-0.15, -0.1) is 19.7 Å². The van der Waals surface area contributed by atoms with Gasteiger partial charge in [-0.1, -0.05) is 53.5 Å². The molecule has 0 spiro atoms. The Morgan fingerprint density at radius 1 is 1.00 bits per heavy atom. The van der Waals surface area contributed by atoms with Gasteiger partial charge in [0.05, 0.1) is 5.16 Å². The van der Waals surface area contributed by atoms with Crippen LogP contribution >= 0.6 is 7.92 Å². The Labute approximate surface area is 225 Å². The van der Waals surface area contributed by atoms with Crippen LogP contribution in [0.4, 0.5) is 0 Å². The molecule has 0 saturated carbocycles. The van der Waals surface area contributed by atoms with E-state index in [1.165, 1.54) is 48.1 Å². The van der Waals surface area contributed by atoms with Crippen molar-refractivity contribution in [2.45, 2.75) is 107 Å². The Kier molecular flexibility index (Phi) is 26.3. The predicted molar refractivity (Wildman–Crippen MR) is 160 cm³/mol. The van der Waals surface area contributed by atoms with Gasteiger partial charge in [0.25, 0.3) is 0 Å². The second-order valence-corrected chi connectivity index (χ2v) is 12.8. The molecule has 1 atom stereocenters. The number of benzene rings is 1. The smallest absolute Gasteiger partial charge is 0.169 e. The number of hydrogen-bond donors (Lipinski definition) is 0. The van der Waals surface area contributed by atoms with Gasteiger partial charge < -0.3 is 0 Å². The summed E-state index contributed by atoms with van der Waals surface area (Å²) in [5.41, 5.74) is 5.33. The first-order chi connectivity index (χ1) is 15.0. The molecular weight excluding hydrogens is 478 g/mol. The molecule has 0 amide bonds. The van der Waals surface area contributed by atoms with Crippen molar-refractivity contribution in [1.82, 2.24) is 9.13 Å². The van der Waals surface area contributed by atoms with Gasteiger partial charge in [-0.25, -0.2) is 4.57 Å². The van der Waals surface area contributed by atoms with E-state index in [4.69, 9.17) is 0 Å². The van der Waals surface area contributed by atoms with Gasteiger partial charge in [0.15, 0.2) is 12.6 Å². The molecule has 0 radical (unpaired) electrons. The van der Waals surface area contributed by atoms with Gasteiger partial charge in [0, 0.05) is 42.2 Å². The predicted octanol–water partition coefficient (Wildman–Crippen LogP) is 10.3. The third kappa shape index (κ3) is 16.5. The fourth-order valence-electron chi connectivity index (χ4n) is 3.06. The summed E-state index contributed by atoms with van der Waals surface area (Å²) in [6.45, 7) is 32.1. The molecule has 2 nitrogen and oxygen atoms in total. The molecule has 34 heavy (non-hydrogen) atoms. The third-order valence-corrected chi connectivity index (χ3v) is 8.45. The number of unbranched alkanes of at least 4 members (excludes halogenated alkanes) is 2. The van der Waals surface area contributed by atoms with E-state index in [0.29, 0.717) is 5.16 Å². The molecule has 1 heterocycles. The summed E-state index contributed by atoms with van der Waals surface area (Å²) in [6.07, 6.45) is 14.8. The van der Waals surface area contributed by atoms with Crippen molar-refractivity contribution >= 4 is 7.92 Å². The monoisotopic (exact) mass is 534 g/mol. The molecule has 4 heteroatoms. The number of aromatic nitrogens is 2. The number of rotatable bonds is 6. The van der Waals surface area contributed by atoms with Crippen molar-refractivity contribution in [2.24, 2.45) is 0 Å². The minimum atomic E-state index is -0.403. The van der Waals surface area contributed by atoms with Gasteiger partial charge in [-0.05, 0) is 65.7 Å². The minimum absolute atomic E-state index is 0. The summed E-state index contributed by atoms with van der Waals surface area (Å²) < 4.78 is 4.61. The largest absolute Gasteiger partial charge is 0.216 e. The zero-order valence-electron chi connectivity index (χ0n) is 23.3. The van der Waals surface area contributed by atoms with Crippen LogP contribution in [0.1, 0.15) is 91.3 Å². The summed E-state index contributed by atoms with van der Waals surface area (Å²) >= 11 is 0. The maximum absolute atomic E-state index is 3.60. The quantitative estimate of drug-likeness (QED) is 0.115. The van der Waals surface area contributed by atoms with Crippen LogP contribution in [0.5, 0.6) is 0 Å². The van der Waals surface area contributed by atoms with Crippen LogP contribution in [0.15, 0.2) is 56.7 Å². The Bertz CT molecular complexity index is 736. The molecule has 2 aromatic rings. The van der Waals surface area contributed by atoms with Crippen LogP contribution < -0.4 is 0 Å². The Morgan fingerprint density at radius 2 is 1.47 bits per heavy atom. The van der Waals surface area contributed by atoms with E-state index in [1.807, 2.05) is 6.08 Å². The number of allylic oxidation sites excluding steroid dienone is 1. The maximum Gasteiger partial charge on any atom is 0.169 e. The fourth-order valence-corrected chi connectivity index (χ4v) is 4.27. The Hall–Kier alpha value is -1.17. The second-order valence-electron chi connectivity index (χ2n) is 9.41. The van der Waals surface area contributed by atoms with Gasteiger partial charge in [-0.3, -0.25) is 0 Å². The molecular formula is C30H57N2NiP+2. The van der Waals surface area contributed by atoms with E-state index in [-0.39, 0.29) is 23.9 Å². The third-order valence-electron chi connectivity index (χ3n) is 5.05. The molecule has 1 unspecified atom stereocenters. The minimum Gasteiger partial charge on any atom is -0.216 e. The number of hydrogen-bond acceptors (Lipinski definition) is 0. The van der Waals surface area contributed by atoms with Crippen LogP contribution in [0.3, 0.4) is 0 Å². The Morgan fingerprint density at radius 3 is 1.82 bits per heavy atom. The van der Waals surface area contributed by atoms with Gasteiger partial charge in [-0.2, -0.15) is 4.57 Å². The van der Waals surface area contributed by atoms with E-state index in [1.54, 1.807) is 0 Å². The van der Waals surface area contributed by atoms with Crippen molar-refractivity contribution in [3.8, 4) is 5.69 Å². The summed E-state index contributed by atoms with van der Waals surface area (Å²) in [5.74, 6) is 0. The summed E-state index contributed by atoms with van der Waals surface area (Å²) in [7, 11) is -0.403. The maximum atomic E-state index is 3.60. The van der Waals surface area contributed by atoms with Crippen LogP contribution in [0.2, 0.25) is 0 Å². The average Bonchev–Trinajstić information content (AvgIpc) is 3.15. The zero-order chi connectivity index (χ0) is 25.3. The first kappa shape index (κ1) is 40.0. The SMILES string of the molecule is C.C=C.C=CCCCC.CCC.Cc1cc(C)c(-n2ccn(C[PH+](C)C(C)(C)C)[cH+]2)c(C)c1.[Ni]. The average molecular weight is 535 g/mol. The molecule has 0 bridgehead atoms. The van der Waals surface area contributed by atoms with Crippen molar-refractivity contribution in [1.29, 1.82) is 0 Å². The topological polar surface area (TPSA) is 9.86 Å². The Balaban J connectivity index is -0.000000295. The van der Waals surface area contributed by atoms with Crippen LogP contribution in [-0.2, 0) is 22.8 Å². The summed E-state index contributed by atoms with van der Waals surface area (Å²) in [6, 6.07) is 4.52. The molecule has 0 N–H and O–H groups in total. The molecule has 0 aliphatic rings. The van der Waals surface area contributed by atoms with Crippen LogP contribution in [0, 0.1) is 20.8 Å². The molecule has 0 fully saturated rings. The van der Waals surface area contributed by atoms with Crippen molar-refractivity contribution < 1.29 is 16.5 Å². The fraction of sp³-hybridized carbons (Fsp3) is 0.567. The molecule has 1 aromatic heterocycles. The van der Waals surface area contributed by atoms with Gasteiger partial charge in [0.2, 0.25) is 0 Å². The zero-order valence-corrected chi connectivity index (χ0v) is 25.3. The molecule has 1 aromatic carbocycles. The van der Waals surface area contributed by atoms with E-state index in [9.17, 15) is 0 Å². The molecule has 2 rings (SSSR count). The van der Waals surface area contributed by atoms with Crippen molar-refractivity contribution in [3.05, 3.63) is 73.4 Å². The standard InChI is InChI=1S/C18H28N2P.C6H12.C3H8.C2H4.CH4.Ni/c1-14-10-15(2)17(16(3)11-14)20-9-8-19(12-20)13-21(7)18(4,5)6;1-3-5-6-4-2;1-3-2;1-2;;/h8-12H,13H2,1-7H3;3H,1,4-6H2,2H3;3H2,1-2H3;1-2H2;1H4;/q+1;;;;;/p+1. The first-order valence-electron chi connectivity index (χ1n) is 12.1. The first-order valence-corrected chi connectivity index (χ1v) is 14.3. The van der Waals surface area contributed by atoms with Gasteiger partial charge >= 0.3 is 0 Å². The van der Waals surface area contributed by atoms with E-state index in [0.717, 1.165) is 6.29 Å². The summed E-state index contributed by atoms with van der Waals surface area (Å²) in [5, 5.41) is 0.440.